The Hall–Kier alpha value is -1.97. The average Bonchev–Trinajstić information content (AvgIpc) is 3.55. The Kier molecular flexibility index (Phi) is 8.30. The standard InChI is InChI=1S/C24H26N4O3.K/c1-24(22(29)30,20-12-13-20)26-23(31)25-14-19-16-28(15-17-8-4-2-5-9-17)27-21(19)18-10-6-3-7-11-18;/h2-11,16,20H,12-15H2,1H3,(H,29,30)(H2,25,26,31);/q;+1/p-1. The Balaban J connectivity index is 0.00000289. The SMILES string of the molecule is CC(NC(=O)NCc1cn(Cc2ccccc2)nc1-c1ccccc1)(C(=O)[O-])C1CC1.[K+]. The molecule has 1 aliphatic rings. The minimum atomic E-state index is -1.36. The molecule has 8 heteroatoms. The number of benzene rings is 2. The van der Waals surface area contributed by atoms with Crippen LogP contribution >= 0.6 is 0 Å². The maximum atomic E-state index is 12.5. The number of aliphatic carboxylic acids is 1. The second-order valence-electron chi connectivity index (χ2n) is 8.12. The van der Waals surface area contributed by atoms with Crippen molar-refractivity contribution in [3.05, 3.63) is 78.0 Å². The van der Waals surface area contributed by atoms with Crippen LogP contribution in [0.25, 0.3) is 11.3 Å². The third-order valence-corrected chi connectivity index (χ3v) is 5.70. The number of carbonyl (C=O) groups excluding carboxylic acids is 2. The number of hydrogen-bond acceptors (Lipinski definition) is 4. The summed E-state index contributed by atoms with van der Waals surface area (Å²) >= 11 is 0. The number of carbonyl (C=O) groups is 2. The van der Waals surface area contributed by atoms with Crippen LogP contribution in [0.5, 0.6) is 0 Å². The molecule has 1 aliphatic carbocycles. The third-order valence-electron chi connectivity index (χ3n) is 5.70. The van der Waals surface area contributed by atoms with Crippen LogP contribution in [0.3, 0.4) is 0 Å². The van der Waals surface area contributed by atoms with Crippen LogP contribution in [0.2, 0.25) is 0 Å². The number of rotatable bonds is 8. The van der Waals surface area contributed by atoms with Gasteiger partial charge in [-0.15, -0.1) is 0 Å². The van der Waals surface area contributed by atoms with E-state index in [-0.39, 0.29) is 63.8 Å². The molecule has 1 heterocycles. The van der Waals surface area contributed by atoms with Gasteiger partial charge >= 0.3 is 57.4 Å². The molecule has 1 unspecified atom stereocenters. The smallest absolute Gasteiger partial charge is 0.548 e. The van der Waals surface area contributed by atoms with Gasteiger partial charge < -0.3 is 20.5 Å². The quantitative estimate of drug-likeness (QED) is 0.439. The maximum absolute atomic E-state index is 12.5. The van der Waals surface area contributed by atoms with Crippen molar-refractivity contribution in [2.45, 2.75) is 38.4 Å². The zero-order valence-corrected chi connectivity index (χ0v) is 21.5. The molecule has 0 spiro atoms. The van der Waals surface area contributed by atoms with E-state index >= 15 is 0 Å². The fraction of sp³-hybridized carbons (Fsp3) is 0.292. The van der Waals surface area contributed by atoms with Gasteiger partial charge in [-0.1, -0.05) is 60.7 Å². The Morgan fingerprint density at radius 3 is 2.31 bits per heavy atom. The molecule has 0 radical (unpaired) electrons. The third kappa shape index (κ3) is 5.88. The molecule has 160 valence electrons. The van der Waals surface area contributed by atoms with E-state index in [2.05, 4.69) is 10.6 Å². The van der Waals surface area contributed by atoms with E-state index in [0.717, 1.165) is 35.2 Å². The van der Waals surface area contributed by atoms with E-state index in [1.807, 2.05) is 71.5 Å². The molecule has 1 fully saturated rings. The molecular formula is C24H25KN4O3. The summed E-state index contributed by atoms with van der Waals surface area (Å²) in [6.45, 7) is 2.34. The summed E-state index contributed by atoms with van der Waals surface area (Å²) in [6, 6.07) is 19.2. The van der Waals surface area contributed by atoms with Gasteiger partial charge in [0.1, 0.15) is 0 Å². The van der Waals surface area contributed by atoms with Crippen LogP contribution < -0.4 is 67.1 Å². The van der Waals surface area contributed by atoms with Crippen molar-refractivity contribution in [3.63, 3.8) is 0 Å². The van der Waals surface area contributed by atoms with Gasteiger partial charge in [-0.2, -0.15) is 5.10 Å². The van der Waals surface area contributed by atoms with Crippen LogP contribution in [0.15, 0.2) is 66.9 Å². The molecule has 0 saturated heterocycles. The van der Waals surface area contributed by atoms with Gasteiger partial charge in [0.2, 0.25) is 0 Å². The zero-order chi connectivity index (χ0) is 21.8. The number of nitrogens with one attached hydrogen (secondary N) is 2. The molecule has 1 saturated carbocycles. The van der Waals surface area contributed by atoms with Gasteiger partial charge in [0, 0.05) is 23.9 Å². The summed E-state index contributed by atoms with van der Waals surface area (Å²) in [5.41, 5.74) is 2.34. The van der Waals surface area contributed by atoms with Crippen molar-refractivity contribution in [2.75, 3.05) is 0 Å². The topological polar surface area (TPSA) is 99.1 Å². The molecule has 0 aliphatic heterocycles. The molecule has 2 N–H and O–H groups in total. The Bertz CT molecular complexity index is 1070. The molecule has 3 aromatic rings. The van der Waals surface area contributed by atoms with Crippen LogP contribution in [0, 0.1) is 5.92 Å². The molecule has 1 aromatic heterocycles. The van der Waals surface area contributed by atoms with Crippen molar-refractivity contribution >= 4 is 12.0 Å². The van der Waals surface area contributed by atoms with E-state index in [4.69, 9.17) is 5.10 Å². The van der Waals surface area contributed by atoms with E-state index in [0.29, 0.717) is 6.54 Å². The Morgan fingerprint density at radius 2 is 1.72 bits per heavy atom. The number of carboxylic acids is 1. The molecule has 7 nitrogen and oxygen atoms in total. The van der Waals surface area contributed by atoms with Crippen molar-refractivity contribution in [1.82, 2.24) is 20.4 Å². The van der Waals surface area contributed by atoms with E-state index < -0.39 is 17.5 Å². The van der Waals surface area contributed by atoms with Gasteiger partial charge in [0.25, 0.3) is 0 Å². The second kappa shape index (κ2) is 10.8. The number of carboxylic acid groups (broad SMARTS) is 1. The number of nitrogens with zero attached hydrogens (tertiary/aromatic N) is 2. The van der Waals surface area contributed by atoms with Gasteiger partial charge in [-0.3, -0.25) is 4.68 Å². The van der Waals surface area contributed by atoms with Crippen LogP contribution in [-0.4, -0.2) is 27.3 Å². The first-order valence-electron chi connectivity index (χ1n) is 10.4. The van der Waals surface area contributed by atoms with Crippen LogP contribution in [0.1, 0.15) is 30.9 Å². The van der Waals surface area contributed by atoms with E-state index in [9.17, 15) is 14.7 Å². The Labute approximate surface area is 230 Å². The predicted octanol–water partition coefficient (Wildman–Crippen LogP) is -0.680. The number of hydrogen-bond donors (Lipinski definition) is 2. The monoisotopic (exact) mass is 456 g/mol. The summed E-state index contributed by atoms with van der Waals surface area (Å²) < 4.78 is 1.85. The minimum Gasteiger partial charge on any atom is -0.548 e. The first-order valence-corrected chi connectivity index (χ1v) is 10.4. The maximum Gasteiger partial charge on any atom is 1.00 e. The molecule has 0 bridgehead atoms. The molecule has 2 amide bonds. The fourth-order valence-corrected chi connectivity index (χ4v) is 3.72. The predicted molar refractivity (Wildman–Crippen MR) is 115 cm³/mol. The first-order chi connectivity index (χ1) is 15.0. The van der Waals surface area contributed by atoms with Gasteiger partial charge in [0.05, 0.1) is 23.7 Å². The molecule has 4 rings (SSSR count). The number of aromatic nitrogens is 2. The van der Waals surface area contributed by atoms with Gasteiger partial charge in [0.15, 0.2) is 0 Å². The van der Waals surface area contributed by atoms with Crippen molar-refractivity contribution in [3.8, 4) is 11.3 Å². The van der Waals surface area contributed by atoms with Crippen LogP contribution in [0.4, 0.5) is 4.79 Å². The number of urea groups is 1. The van der Waals surface area contributed by atoms with E-state index in [1.165, 1.54) is 6.92 Å². The summed E-state index contributed by atoms with van der Waals surface area (Å²) in [6.07, 6.45) is 3.46. The van der Waals surface area contributed by atoms with Gasteiger partial charge in [-0.25, -0.2) is 4.79 Å². The van der Waals surface area contributed by atoms with E-state index in [1.54, 1.807) is 0 Å². The summed E-state index contributed by atoms with van der Waals surface area (Å²) in [5, 5.41) is 21.7. The molecule has 2 aromatic carbocycles. The first kappa shape index (κ1) is 24.7. The average molecular weight is 457 g/mol. The number of amides is 2. The van der Waals surface area contributed by atoms with Crippen molar-refractivity contribution in [2.24, 2.45) is 5.92 Å². The fourth-order valence-electron chi connectivity index (χ4n) is 3.72. The van der Waals surface area contributed by atoms with Crippen molar-refractivity contribution < 1.29 is 66.1 Å². The zero-order valence-electron chi connectivity index (χ0n) is 18.4. The summed E-state index contributed by atoms with van der Waals surface area (Å²) in [4.78, 5) is 24.0. The molecular weight excluding hydrogens is 431 g/mol. The van der Waals surface area contributed by atoms with Crippen LogP contribution in [-0.2, 0) is 17.9 Å². The second-order valence-corrected chi connectivity index (χ2v) is 8.12. The molecule has 1 atom stereocenters. The summed E-state index contributed by atoms with van der Waals surface area (Å²) in [7, 11) is 0. The normalized spacial score (nSPS) is 14.7. The Morgan fingerprint density at radius 1 is 1.09 bits per heavy atom. The largest absolute Gasteiger partial charge is 1.00 e. The molecule has 32 heavy (non-hydrogen) atoms. The summed E-state index contributed by atoms with van der Waals surface area (Å²) in [5.74, 6) is -1.34. The van der Waals surface area contributed by atoms with Gasteiger partial charge in [-0.05, 0) is 31.2 Å². The van der Waals surface area contributed by atoms with Crippen molar-refractivity contribution in [1.29, 1.82) is 0 Å². The minimum absolute atomic E-state index is 0.